The average Bonchev–Trinajstić information content (AvgIpc) is 2.89. The van der Waals surface area contributed by atoms with Gasteiger partial charge in [0.15, 0.2) is 15.6 Å². The van der Waals surface area contributed by atoms with Crippen LogP contribution in [0.1, 0.15) is 10.4 Å². The van der Waals surface area contributed by atoms with Gasteiger partial charge in [-0.1, -0.05) is 0 Å². The summed E-state index contributed by atoms with van der Waals surface area (Å²) in [7, 11) is -2.19. The summed E-state index contributed by atoms with van der Waals surface area (Å²) in [4.78, 5) is 11.2. The monoisotopic (exact) mass is 295 g/mol. The molecule has 1 N–H and O–H groups in total. The Morgan fingerprint density at radius 2 is 1.85 bits per heavy atom. The van der Waals surface area contributed by atoms with Gasteiger partial charge in [-0.3, -0.25) is 0 Å². The molecule has 0 fully saturated rings. The minimum absolute atomic E-state index is 0.0700. The van der Waals surface area contributed by atoms with Gasteiger partial charge in [0, 0.05) is 18.6 Å². The number of nitrogens with zero attached hydrogens (tertiary/aromatic N) is 1. The van der Waals surface area contributed by atoms with Gasteiger partial charge in [-0.15, -0.1) is 0 Å². The van der Waals surface area contributed by atoms with Gasteiger partial charge < -0.3 is 14.4 Å². The molecule has 2 rings (SSSR count). The molecule has 0 saturated heterocycles. The molecular weight excluding hydrogens is 282 g/mol. The van der Waals surface area contributed by atoms with Gasteiger partial charge in [0.2, 0.25) is 0 Å². The summed E-state index contributed by atoms with van der Waals surface area (Å²) in [5, 5.41) is 9.22. The number of sulfone groups is 1. The fourth-order valence-corrected chi connectivity index (χ4v) is 2.52. The normalized spacial score (nSPS) is 11.3. The lowest BCUT2D eigenvalue weighted by molar-refractivity contribution is 0.0693. The van der Waals surface area contributed by atoms with Crippen molar-refractivity contribution in [2.45, 2.75) is 4.90 Å². The fraction of sp³-hybridized carbons (Fsp3) is 0.154. The highest BCUT2D eigenvalue weighted by atomic mass is 32.2. The van der Waals surface area contributed by atoms with Crippen molar-refractivity contribution in [3.63, 3.8) is 0 Å². The smallest absolute Gasteiger partial charge is 0.339 e. The Kier molecular flexibility index (Phi) is 3.54. The third kappa shape index (κ3) is 2.53. The van der Waals surface area contributed by atoms with E-state index < -0.39 is 15.8 Å². The maximum Gasteiger partial charge on any atom is 0.339 e. The number of carboxylic acid groups (broad SMARTS) is 1. The zero-order valence-electron chi connectivity index (χ0n) is 10.9. The molecule has 6 nitrogen and oxygen atoms in total. The Hall–Kier alpha value is -2.28. The summed E-state index contributed by atoms with van der Waals surface area (Å²) in [6, 6.07) is 5.98. The second kappa shape index (κ2) is 5.01. The molecule has 1 heterocycles. The largest absolute Gasteiger partial charge is 0.494 e. The van der Waals surface area contributed by atoms with E-state index in [1.807, 2.05) is 0 Å². The van der Waals surface area contributed by atoms with E-state index in [0.29, 0.717) is 5.69 Å². The third-order valence-electron chi connectivity index (χ3n) is 2.79. The molecule has 0 saturated carbocycles. The molecule has 1 aromatic carbocycles. The summed E-state index contributed by atoms with van der Waals surface area (Å²) in [6.07, 6.45) is 4.38. The van der Waals surface area contributed by atoms with Crippen LogP contribution in [0.25, 0.3) is 5.69 Å². The van der Waals surface area contributed by atoms with Crippen molar-refractivity contribution in [2.24, 2.45) is 0 Å². The number of aromatic nitrogens is 1. The molecule has 0 aliphatic rings. The maximum absolute atomic E-state index is 11.7. The standard InChI is InChI=1S/C13H13NO5S/c1-19-12-10(13(15)16)7-9(20(2,17)18)8-11(12)14-5-3-4-6-14/h3-8H,1-2H3,(H,15,16). The van der Waals surface area contributed by atoms with Gasteiger partial charge in [-0.25, -0.2) is 13.2 Å². The lowest BCUT2D eigenvalue weighted by atomic mass is 10.1. The van der Waals surface area contributed by atoms with E-state index in [1.165, 1.54) is 13.2 Å². The highest BCUT2D eigenvalue weighted by Gasteiger charge is 2.21. The molecule has 0 aliphatic heterocycles. The number of aromatic carboxylic acids is 1. The average molecular weight is 295 g/mol. The number of rotatable bonds is 4. The summed E-state index contributed by atoms with van der Waals surface area (Å²) >= 11 is 0. The maximum atomic E-state index is 11.7. The number of benzene rings is 1. The molecule has 0 aliphatic carbocycles. The Bertz CT molecular complexity index is 747. The van der Waals surface area contributed by atoms with Crippen LogP contribution in [0.3, 0.4) is 0 Å². The molecule has 106 valence electrons. The summed E-state index contributed by atoms with van der Waals surface area (Å²) in [5.41, 5.74) is 0.164. The topological polar surface area (TPSA) is 85.6 Å². The first-order valence-electron chi connectivity index (χ1n) is 5.63. The number of carboxylic acids is 1. The van der Waals surface area contributed by atoms with E-state index >= 15 is 0 Å². The molecular formula is C13H13NO5S. The number of ether oxygens (including phenoxy) is 1. The SMILES string of the molecule is COc1c(C(=O)O)cc(S(C)(=O)=O)cc1-n1cccc1. The van der Waals surface area contributed by atoms with Crippen LogP contribution in [0.4, 0.5) is 0 Å². The van der Waals surface area contributed by atoms with Crippen LogP contribution in [0.15, 0.2) is 41.6 Å². The predicted octanol–water partition coefficient (Wildman–Crippen LogP) is 1.59. The third-order valence-corrected chi connectivity index (χ3v) is 3.88. The van der Waals surface area contributed by atoms with E-state index in [-0.39, 0.29) is 16.2 Å². The van der Waals surface area contributed by atoms with Crippen LogP contribution in [0.5, 0.6) is 5.75 Å². The van der Waals surface area contributed by atoms with E-state index in [9.17, 15) is 18.3 Å². The van der Waals surface area contributed by atoms with Gasteiger partial charge >= 0.3 is 5.97 Å². The predicted molar refractivity (Wildman–Crippen MR) is 72.4 cm³/mol. The van der Waals surface area contributed by atoms with Gasteiger partial charge in [-0.2, -0.15) is 0 Å². The zero-order chi connectivity index (χ0) is 14.9. The van der Waals surface area contributed by atoms with Crippen molar-refractivity contribution in [1.82, 2.24) is 4.57 Å². The number of hydrogen-bond donors (Lipinski definition) is 1. The summed E-state index contributed by atoms with van der Waals surface area (Å²) < 4.78 is 30.1. The van der Waals surface area contributed by atoms with Gasteiger partial charge in [0.05, 0.1) is 17.7 Å². The van der Waals surface area contributed by atoms with E-state index in [0.717, 1.165) is 12.3 Å². The van der Waals surface area contributed by atoms with Crippen LogP contribution in [0.2, 0.25) is 0 Å². The molecule has 0 amide bonds. The van der Waals surface area contributed by atoms with Crippen LogP contribution < -0.4 is 4.74 Å². The zero-order valence-corrected chi connectivity index (χ0v) is 11.7. The fourth-order valence-electron chi connectivity index (χ4n) is 1.86. The van der Waals surface area contributed by atoms with E-state index in [1.54, 1.807) is 29.1 Å². The first kappa shape index (κ1) is 14.1. The van der Waals surface area contributed by atoms with Crippen LogP contribution in [0, 0.1) is 0 Å². The van der Waals surface area contributed by atoms with Crippen molar-refractivity contribution >= 4 is 15.8 Å². The first-order chi connectivity index (χ1) is 9.34. The van der Waals surface area contributed by atoms with Gasteiger partial charge in [-0.05, 0) is 24.3 Å². The molecule has 1 aromatic heterocycles. The lowest BCUT2D eigenvalue weighted by Crippen LogP contribution is -2.08. The molecule has 0 atom stereocenters. The summed E-state index contributed by atoms with van der Waals surface area (Å²) in [5.74, 6) is -1.14. The van der Waals surface area contributed by atoms with E-state index in [4.69, 9.17) is 4.74 Å². The van der Waals surface area contributed by atoms with Crippen LogP contribution in [-0.4, -0.2) is 37.4 Å². The number of methoxy groups -OCH3 is 1. The highest BCUT2D eigenvalue weighted by Crippen LogP contribution is 2.31. The Morgan fingerprint density at radius 3 is 2.30 bits per heavy atom. The number of carbonyl (C=O) groups is 1. The van der Waals surface area contributed by atoms with Crippen molar-refractivity contribution in [1.29, 1.82) is 0 Å². The lowest BCUT2D eigenvalue weighted by Gasteiger charge is -2.14. The Labute approximate surface area is 116 Å². The molecule has 0 unspecified atom stereocenters. The van der Waals surface area contributed by atoms with Gasteiger partial charge in [0.25, 0.3) is 0 Å². The minimum atomic E-state index is -3.53. The van der Waals surface area contributed by atoms with Crippen molar-refractivity contribution in [3.05, 3.63) is 42.2 Å². The Balaban J connectivity index is 2.84. The molecule has 0 spiro atoms. The van der Waals surface area contributed by atoms with Crippen molar-refractivity contribution in [2.75, 3.05) is 13.4 Å². The number of hydrogen-bond acceptors (Lipinski definition) is 4. The first-order valence-corrected chi connectivity index (χ1v) is 7.52. The van der Waals surface area contributed by atoms with Crippen LogP contribution >= 0.6 is 0 Å². The highest BCUT2D eigenvalue weighted by molar-refractivity contribution is 7.90. The second-order valence-electron chi connectivity index (χ2n) is 4.19. The molecule has 2 aromatic rings. The minimum Gasteiger partial charge on any atom is -0.494 e. The molecule has 7 heteroatoms. The molecule has 20 heavy (non-hydrogen) atoms. The van der Waals surface area contributed by atoms with Crippen molar-refractivity contribution < 1.29 is 23.1 Å². The van der Waals surface area contributed by atoms with Crippen molar-refractivity contribution in [3.8, 4) is 11.4 Å². The Morgan fingerprint density at radius 1 is 1.25 bits per heavy atom. The summed E-state index contributed by atoms with van der Waals surface area (Å²) in [6.45, 7) is 0. The second-order valence-corrected chi connectivity index (χ2v) is 6.21. The van der Waals surface area contributed by atoms with Crippen LogP contribution in [-0.2, 0) is 9.84 Å². The van der Waals surface area contributed by atoms with E-state index in [2.05, 4.69) is 0 Å². The molecule has 0 bridgehead atoms. The molecule has 0 radical (unpaired) electrons. The quantitative estimate of drug-likeness (QED) is 0.925. The van der Waals surface area contributed by atoms with Gasteiger partial charge in [0.1, 0.15) is 5.56 Å².